The number of carbonyl (C=O) groups excluding carboxylic acids is 1. The van der Waals surface area contributed by atoms with E-state index in [4.69, 9.17) is 11.6 Å². The lowest BCUT2D eigenvalue weighted by Crippen LogP contribution is -2.36. The zero-order chi connectivity index (χ0) is 14.5. The molecular formula is C15H22ClN3O. The largest absolute Gasteiger partial charge is 0.371 e. The van der Waals surface area contributed by atoms with Gasteiger partial charge in [-0.05, 0) is 44.0 Å². The van der Waals surface area contributed by atoms with Crippen LogP contribution in [0.25, 0.3) is 0 Å². The van der Waals surface area contributed by atoms with Gasteiger partial charge in [-0.2, -0.15) is 0 Å². The number of amides is 1. The first-order chi connectivity index (χ1) is 9.60. The Bertz CT molecular complexity index is 478. The maximum Gasteiger partial charge on any atom is 0.233 e. The summed E-state index contributed by atoms with van der Waals surface area (Å²) in [6.45, 7) is 5.23. The maximum atomic E-state index is 11.4. The van der Waals surface area contributed by atoms with E-state index in [1.807, 2.05) is 12.1 Å². The molecule has 4 nitrogen and oxygen atoms in total. The Morgan fingerprint density at radius 3 is 3.05 bits per heavy atom. The number of carbonyl (C=O) groups is 1. The number of halogens is 1. The van der Waals surface area contributed by atoms with Crippen LogP contribution in [-0.4, -0.2) is 39.1 Å². The number of nitrogens with zero attached hydrogens (tertiary/aromatic N) is 1. The lowest BCUT2D eigenvalue weighted by molar-refractivity contribution is -0.120. The van der Waals surface area contributed by atoms with Crippen molar-refractivity contribution < 1.29 is 4.79 Å². The van der Waals surface area contributed by atoms with E-state index in [9.17, 15) is 4.79 Å². The fourth-order valence-corrected chi connectivity index (χ4v) is 2.79. The molecule has 1 saturated heterocycles. The van der Waals surface area contributed by atoms with Crippen LogP contribution in [-0.2, 0) is 4.79 Å². The molecule has 5 heteroatoms. The third-order valence-corrected chi connectivity index (χ3v) is 3.96. The van der Waals surface area contributed by atoms with Crippen molar-refractivity contribution in [2.45, 2.75) is 13.3 Å². The van der Waals surface area contributed by atoms with Crippen LogP contribution in [0.15, 0.2) is 18.2 Å². The molecule has 1 unspecified atom stereocenters. The Labute approximate surface area is 125 Å². The van der Waals surface area contributed by atoms with Crippen LogP contribution in [0.3, 0.4) is 0 Å². The van der Waals surface area contributed by atoms with Gasteiger partial charge in [0, 0.05) is 30.3 Å². The molecule has 0 radical (unpaired) electrons. The van der Waals surface area contributed by atoms with Gasteiger partial charge >= 0.3 is 0 Å². The Kier molecular flexibility index (Phi) is 5.26. The molecule has 1 atom stereocenters. The second-order valence-corrected chi connectivity index (χ2v) is 5.80. The van der Waals surface area contributed by atoms with Crippen molar-refractivity contribution in [2.24, 2.45) is 5.92 Å². The van der Waals surface area contributed by atoms with Gasteiger partial charge in [0.05, 0.1) is 6.54 Å². The lowest BCUT2D eigenvalue weighted by Gasteiger charge is -2.21. The van der Waals surface area contributed by atoms with Gasteiger partial charge < -0.3 is 15.5 Å². The molecule has 1 aliphatic heterocycles. The van der Waals surface area contributed by atoms with Crippen molar-refractivity contribution in [1.82, 2.24) is 10.6 Å². The molecule has 2 N–H and O–H groups in total. The Balaban J connectivity index is 1.89. The van der Waals surface area contributed by atoms with E-state index in [2.05, 4.69) is 28.5 Å². The zero-order valence-electron chi connectivity index (χ0n) is 12.1. The normalized spacial score (nSPS) is 18.4. The van der Waals surface area contributed by atoms with Crippen LogP contribution in [0.4, 0.5) is 5.69 Å². The van der Waals surface area contributed by atoms with E-state index >= 15 is 0 Å². The molecule has 1 heterocycles. The fraction of sp³-hybridized carbons (Fsp3) is 0.533. The number of rotatable bonds is 5. The molecular weight excluding hydrogens is 274 g/mol. The van der Waals surface area contributed by atoms with E-state index < -0.39 is 0 Å². The molecule has 1 aliphatic rings. The average Bonchev–Trinajstić information content (AvgIpc) is 2.88. The average molecular weight is 296 g/mol. The van der Waals surface area contributed by atoms with Gasteiger partial charge in [0.1, 0.15) is 0 Å². The predicted molar refractivity (Wildman–Crippen MR) is 83.4 cm³/mol. The van der Waals surface area contributed by atoms with Crippen molar-refractivity contribution in [1.29, 1.82) is 0 Å². The first-order valence-electron chi connectivity index (χ1n) is 7.02. The van der Waals surface area contributed by atoms with Crippen molar-refractivity contribution in [3.8, 4) is 0 Å². The summed E-state index contributed by atoms with van der Waals surface area (Å²) in [6.07, 6.45) is 1.10. The molecule has 110 valence electrons. The fourth-order valence-electron chi connectivity index (χ4n) is 2.62. The van der Waals surface area contributed by atoms with Crippen LogP contribution >= 0.6 is 11.6 Å². The highest BCUT2D eigenvalue weighted by Gasteiger charge is 2.24. The van der Waals surface area contributed by atoms with Crippen LogP contribution in [0.5, 0.6) is 0 Å². The summed E-state index contributed by atoms with van der Waals surface area (Å²) in [7, 11) is 1.78. The second kappa shape index (κ2) is 6.95. The van der Waals surface area contributed by atoms with E-state index in [-0.39, 0.29) is 5.91 Å². The van der Waals surface area contributed by atoms with E-state index in [0.717, 1.165) is 31.1 Å². The van der Waals surface area contributed by atoms with E-state index in [1.165, 1.54) is 11.3 Å². The quantitative estimate of drug-likeness (QED) is 0.871. The Morgan fingerprint density at radius 1 is 1.50 bits per heavy atom. The molecule has 1 aromatic carbocycles. The van der Waals surface area contributed by atoms with Crippen molar-refractivity contribution >= 4 is 23.2 Å². The van der Waals surface area contributed by atoms with Gasteiger partial charge in [-0.1, -0.05) is 17.7 Å². The molecule has 0 bridgehead atoms. The molecule has 0 spiro atoms. The van der Waals surface area contributed by atoms with Crippen molar-refractivity contribution in [2.75, 3.05) is 38.1 Å². The number of nitrogens with one attached hydrogen (secondary N) is 2. The minimum atomic E-state index is 0.0601. The molecule has 1 fully saturated rings. The predicted octanol–water partition coefficient (Wildman–Crippen LogP) is 1.81. The molecule has 20 heavy (non-hydrogen) atoms. The summed E-state index contributed by atoms with van der Waals surface area (Å²) >= 11 is 6.08. The number of hydrogen-bond donors (Lipinski definition) is 2. The Morgan fingerprint density at radius 2 is 2.30 bits per heavy atom. The molecule has 1 amide bonds. The van der Waals surface area contributed by atoms with Crippen molar-refractivity contribution in [3.05, 3.63) is 28.8 Å². The van der Waals surface area contributed by atoms with Crippen LogP contribution in [0, 0.1) is 12.8 Å². The SMILES string of the molecule is CNCC(=O)NCC1CCN(c2cc(Cl)ccc2C)C1. The first-order valence-corrected chi connectivity index (χ1v) is 7.40. The third-order valence-electron chi connectivity index (χ3n) is 3.72. The highest BCUT2D eigenvalue weighted by molar-refractivity contribution is 6.30. The topological polar surface area (TPSA) is 44.4 Å². The van der Waals surface area contributed by atoms with Gasteiger partial charge in [-0.25, -0.2) is 0 Å². The summed E-state index contributed by atoms with van der Waals surface area (Å²) in [5, 5.41) is 6.60. The van der Waals surface area contributed by atoms with Crippen LogP contribution < -0.4 is 15.5 Å². The Hall–Kier alpha value is -1.26. The van der Waals surface area contributed by atoms with E-state index in [0.29, 0.717) is 12.5 Å². The highest BCUT2D eigenvalue weighted by atomic mass is 35.5. The molecule has 1 aromatic rings. The van der Waals surface area contributed by atoms with E-state index in [1.54, 1.807) is 7.05 Å². The first kappa shape index (κ1) is 15.1. The number of benzene rings is 1. The lowest BCUT2D eigenvalue weighted by atomic mass is 10.1. The number of likely N-dealkylation sites (N-methyl/N-ethyl adjacent to an activating group) is 1. The molecule has 2 rings (SSSR count). The third kappa shape index (κ3) is 3.87. The van der Waals surface area contributed by atoms with Gasteiger partial charge in [0.25, 0.3) is 0 Å². The van der Waals surface area contributed by atoms with Gasteiger partial charge in [0.15, 0.2) is 0 Å². The van der Waals surface area contributed by atoms with Crippen molar-refractivity contribution in [3.63, 3.8) is 0 Å². The number of aryl methyl sites for hydroxylation is 1. The van der Waals surface area contributed by atoms with Crippen LogP contribution in [0.1, 0.15) is 12.0 Å². The monoisotopic (exact) mass is 295 g/mol. The summed E-state index contributed by atoms with van der Waals surface area (Å²) in [4.78, 5) is 13.8. The summed E-state index contributed by atoms with van der Waals surface area (Å²) in [6, 6.07) is 6.00. The molecule has 0 saturated carbocycles. The maximum absolute atomic E-state index is 11.4. The second-order valence-electron chi connectivity index (χ2n) is 5.37. The standard InChI is InChI=1S/C15H22ClN3O/c1-11-3-4-13(16)7-14(11)19-6-5-12(10-19)8-18-15(20)9-17-2/h3-4,7,12,17H,5-6,8-10H2,1-2H3,(H,18,20). The number of anilines is 1. The minimum absolute atomic E-state index is 0.0601. The zero-order valence-corrected chi connectivity index (χ0v) is 12.8. The van der Waals surface area contributed by atoms with Crippen LogP contribution in [0.2, 0.25) is 5.02 Å². The highest BCUT2D eigenvalue weighted by Crippen LogP contribution is 2.29. The van der Waals surface area contributed by atoms with Gasteiger partial charge in [0.2, 0.25) is 5.91 Å². The minimum Gasteiger partial charge on any atom is -0.371 e. The molecule has 0 aliphatic carbocycles. The van der Waals surface area contributed by atoms with Gasteiger partial charge in [-0.15, -0.1) is 0 Å². The van der Waals surface area contributed by atoms with Gasteiger partial charge in [-0.3, -0.25) is 4.79 Å². The number of hydrogen-bond acceptors (Lipinski definition) is 3. The summed E-state index contributed by atoms with van der Waals surface area (Å²) < 4.78 is 0. The summed E-state index contributed by atoms with van der Waals surface area (Å²) in [5.74, 6) is 0.569. The smallest absolute Gasteiger partial charge is 0.233 e. The summed E-state index contributed by atoms with van der Waals surface area (Å²) in [5.41, 5.74) is 2.45. The molecule has 0 aromatic heterocycles.